The number of hydrogen-bond acceptors (Lipinski definition) is 6. The lowest BCUT2D eigenvalue weighted by molar-refractivity contribution is -0.113. The summed E-state index contributed by atoms with van der Waals surface area (Å²) in [6, 6.07) is 14.7. The van der Waals surface area contributed by atoms with E-state index in [0.29, 0.717) is 34.5 Å². The molecule has 1 aliphatic heterocycles. The van der Waals surface area contributed by atoms with Gasteiger partial charge in [-0.25, -0.2) is 4.99 Å². The predicted octanol–water partition coefficient (Wildman–Crippen LogP) is 3.56. The molecule has 1 aliphatic rings. The number of methoxy groups -OCH3 is 2. The zero-order chi connectivity index (χ0) is 19.9. The molecule has 0 saturated carbocycles. The Labute approximate surface area is 168 Å². The smallest absolute Gasteiger partial charge is 0.283 e. The third-order valence-corrected chi connectivity index (χ3v) is 5.12. The Balaban J connectivity index is 1.93. The number of aliphatic hydroxyl groups is 1. The molecule has 3 rings (SSSR count). The minimum Gasteiger partial charge on any atom is -0.497 e. The van der Waals surface area contributed by atoms with Gasteiger partial charge < -0.3 is 14.6 Å². The average Bonchev–Trinajstić information content (AvgIpc) is 3.04. The van der Waals surface area contributed by atoms with E-state index >= 15 is 0 Å². The van der Waals surface area contributed by atoms with Crippen LogP contribution in [-0.2, 0) is 4.79 Å². The molecule has 0 bridgehead atoms. The van der Waals surface area contributed by atoms with Crippen LogP contribution in [0, 0.1) is 0 Å². The van der Waals surface area contributed by atoms with Crippen LogP contribution < -0.4 is 14.4 Å². The molecule has 0 aliphatic carbocycles. The molecule has 1 N–H and O–H groups in total. The number of carbonyl (C=O) groups is 1. The number of nitrogens with zero attached hydrogens (tertiary/aromatic N) is 2. The summed E-state index contributed by atoms with van der Waals surface area (Å²) >= 11 is 1.44. The van der Waals surface area contributed by atoms with E-state index in [9.17, 15) is 4.79 Å². The maximum Gasteiger partial charge on any atom is 0.283 e. The molecule has 0 fully saturated rings. The zero-order valence-electron chi connectivity index (χ0n) is 15.8. The molecule has 0 aromatic heterocycles. The second-order valence-electron chi connectivity index (χ2n) is 5.96. The van der Waals surface area contributed by atoms with E-state index in [0.717, 1.165) is 11.3 Å². The molecule has 1 amide bonds. The van der Waals surface area contributed by atoms with Gasteiger partial charge in [-0.05, 0) is 42.3 Å². The lowest BCUT2D eigenvalue weighted by atomic mass is 10.2. The van der Waals surface area contributed by atoms with Crippen molar-refractivity contribution in [1.29, 1.82) is 0 Å². The van der Waals surface area contributed by atoms with Gasteiger partial charge >= 0.3 is 0 Å². The quantitative estimate of drug-likeness (QED) is 0.570. The molecular formula is C21H22N2O4S. The number of hydrogen-bond donors (Lipinski definition) is 1. The van der Waals surface area contributed by atoms with E-state index in [1.807, 2.05) is 42.5 Å². The third kappa shape index (κ3) is 4.55. The lowest BCUT2D eigenvalue weighted by Gasteiger charge is -2.18. The first-order valence-corrected chi connectivity index (χ1v) is 9.81. The maximum absolute atomic E-state index is 13.1. The standard InChI is InChI=1S/C21H22N2O4S/c1-26-17-9-7-15(8-10-17)13-19-20(25)23(21(22-19)28-12-4-11-24)16-5-3-6-18(14-16)27-2/h3,5-10,13-14,24H,4,11-12H2,1-2H3. The van der Waals surface area contributed by atoms with Crippen LogP contribution in [0.25, 0.3) is 6.08 Å². The van der Waals surface area contributed by atoms with E-state index in [-0.39, 0.29) is 12.5 Å². The zero-order valence-corrected chi connectivity index (χ0v) is 16.6. The first-order valence-electron chi connectivity index (χ1n) is 8.83. The highest BCUT2D eigenvalue weighted by atomic mass is 32.2. The number of amides is 1. The summed E-state index contributed by atoms with van der Waals surface area (Å²) in [5.74, 6) is 1.88. The van der Waals surface area contributed by atoms with Gasteiger partial charge in [0.1, 0.15) is 17.2 Å². The van der Waals surface area contributed by atoms with Crippen molar-refractivity contribution in [1.82, 2.24) is 0 Å². The minimum atomic E-state index is -0.199. The van der Waals surface area contributed by atoms with Crippen LogP contribution >= 0.6 is 11.8 Å². The van der Waals surface area contributed by atoms with Crippen molar-refractivity contribution in [2.45, 2.75) is 6.42 Å². The summed E-state index contributed by atoms with van der Waals surface area (Å²) < 4.78 is 10.5. The number of benzene rings is 2. The SMILES string of the molecule is COc1ccc(C=C2N=C(SCCCO)N(c3cccc(OC)c3)C2=O)cc1. The van der Waals surface area contributed by atoms with Crippen LogP contribution in [-0.4, -0.2) is 42.8 Å². The van der Waals surface area contributed by atoms with Crippen molar-refractivity contribution >= 4 is 34.6 Å². The minimum absolute atomic E-state index is 0.0991. The summed E-state index contributed by atoms with van der Waals surface area (Å²) in [5.41, 5.74) is 1.91. The molecule has 0 radical (unpaired) electrons. The molecule has 2 aromatic rings. The van der Waals surface area contributed by atoms with Gasteiger partial charge in [0.2, 0.25) is 0 Å². The van der Waals surface area contributed by atoms with Gasteiger partial charge in [0, 0.05) is 18.4 Å². The highest BCUT2D eigenvalue weighted by molar-refractivity contribution is 8.14. The largest absolute Gasteiger partial charge is 0.497 e. The first-order chi connectivity index (χ1) is 13.7. The highest BCUT2D eigenvalue weighted by Crippen LogP contribution is 2.31. The van der Waals surface area contributed by atoms with E-state index in [4.69, 9.17) is 14.6 Å². The topological polar surface area (TPSA) is 71.4 Å². The molecule has 1 heterocycles. The molecule has 6 nitrogen and oxygen atoms in total. The highest BCUT2D eigenvalue weighted by Gasteiger charge is 2.32. The Morgan fingerprint density at radius 2 is 1.86 bits per heavy atom. The predicted molar refractivity (Wildman–Crippen MR) is 113 cm³/mol. The summed E-state index contributed by atoms with van der Waals surface area (Å²) in [4.78, 5) is 19.2. The van der Waals surface area contributed by atoms with Crippen LogP contribution in [0.1, 0.15) is 12.0 Å². The number of anilines is 1. The number of aliphatic hydroxyl groups excluding tert-OH is 1. The van der Waals surface area contributed by atoms with Crippen LogP contribution in [0.5, 0.6) is 11.5 Å². The van der Waals surface area contributed by atoms with Gasteiger partial charge in [0.25, 0.3) is 5.91 Å². The number of carbonyl (C=O) groups excluding carboxylic acids is 1. The average molecular weight is 398 g/mol. The number of thioether (sulfide) groups is 1. The maximum atomic E-state index is 13.1. The van der Waals surface area contributed by atoms with Crippen molar-refractivity contribution in [2.24, 2.45) is 4.99 Å². The van der Waals surface area contributed by atoms with Gasteiger partial charge in [0.15, 0.2) is 5.17 Å². The van der Waals surface area contributed by atoms with E-state index in [1.165, 1.54) is 11.8 Å². The van der Waals surface area contributed by atoms with E-state index < -0.39 is 0 Å². The van der Waals surface area contributed by atoms with Crippen molar-refractivity contribution in [3.05, 3.63) is 59.8 Å². The van der Waals surface area contributed by atoms with Crippen molar-refractivity contribution in [2.75, 3.05) is 31.5 Å². The molecule has 0 atom stereocenters. The number of ether oxygens (including phenoxy) is 2. The lowest BCUT2D eigenvalue weighted by Crippen LogP contribution is -2.30. The molecule has 0 spiro atoms. The monoisotopic (exact) mass is 398 g/mol. The molecule has 28 heavy (non-hydrogen) atoms. The normalized spacial score (nSPS) is 15.1. The van der Waals surface area contributed by atoms with E-state index in [2.05, 4.69) is 4.99 Å². The molecule has 0 unspecified atom stereocenters. The van der Waals surface area contributed by atoms with Crippen LogP contribution in [0.2, 0.25) is 0 Å². The number of amidine groups is 1. The van der Waals surface area contributed by atoms with Crippen molar-refractivity contribution < 1.29 is 19.4 Å². The van der Waals surface area contributed by atoms with Crippen LogP contribution in [0.15, 0.2) is 59.2 Å². The fourth-order valence-corrected chi connectivity index (χ4v) is 3.59. The van der Waals surface area contributed by atoms with Crippen LogP contribution in [0.3, 0.4) is 0 Å². The molecule has 146 valence electrons. The van der Waals surface area contributed by atoms with Crippen molar-refractivity contribution in [3.63, 3.8) is 0 Å². The Bertz CT molecular complexity index is 894. The van der Waals surface area contributed by atoms with E-state index in [1.54, 1.807) is 31.3 Å². The summed E-state index contributed by atoms with van der Waals surface area (Å²) in [5, 5.41) is 9.65. The van der Waals surface area contributed by atoms with Gasteiger partial charge in [0.05, 0.1) is 19.9 Å². The number of rotatable bonds is 7. The Hall–Kier alpha value is -2.77. The van der Waals surface area contributed by atoms with Gasteiger partial charge in [-0.1, -0.05) is 30.0 Å². The third-order valence-electron chi connectivity index (χ3n) is 4.09. The Morgan fingerprint density at radius 3 is 2.54 bits per heavy atom. The molecular weight excluding hydrogens is 376 g/mol. The first kappa shape index (κ1) is 20.0. The molecule has 0 saturated heterocycles. The Kier molecular flexibility index (Phi) is 6.73. The van der Waals surface area contributed by atoms with Gasteiger partial charge in [-0.15, -0.1) is 0 Å². The summed E-state index contributed by atoms with van der Waals surface area (Å²) in [7, 11) is 3.20. The Morgan fingerprint density at radius 1 is 1.11 bits per heavy atom. The fourth-order valence-electron chi connectivity index (χ4n) is 2.66. The summed E-state index contributed by atoms with van der Waals surface area (Å²) in [6.45, 7) is 0.0991. The molecule has 2 aromatic carbocycles. The fraction of sp³-hybridized carbons (Fsp3) is 0.238. The van der Waals surface area contributed by atoms with Crippen molar-refractivity contribution in [3.8, 4) is 11.5 Å². The number of aliphatic imine (C=N–C) groups is 1. The second-order valence-corrected chi connectivity index (χ2v) is 7.03. The second kappa shape index (κ2) is 9.43. The van der Waals surface area contributed by atoms with Gasteiger partial charge in [-0.3, -0.25) is 9.69 Å². The van der Waals surface area contributed by atoms with Crippen LogP contribution in [0.4, 0.5) is 5.69 Å². The van der Waals surface area contributed by atoms with Gasteiger partial charge in [-0.2, -0.15) is 0 Å². The molecule has 7 heteroatoms. The summed E-state index contributed by atoms with van der Waals surface area (Å²) in [6.07, 6.45) is 2.38.